The minimum Gasteiger partial charge on any atom is -0.364 e. The second-order valence-electron chi connectivity index (χ2n) is 14.2. The summed E-state index contributed by atoms with van der Waals surface area (Å²) < 4.78 is 4.45. The summed E-state index contributed by atoms with van der Waals surface area (Å²) in [5.74, 6) is -0.567. The molecule has 4 aromatic heterocycles. The van der Waals surface area contributed by atoms with Crippen LogP contribution in [-0.2, 0) is 27.6 Å². The van der Waals surface area contributed by atoms with Crippen molar-refractivity contribution in [1.29, 1.82) is 0 Å². The van der Waals surface area contributed by atoms with Crippen molar-refractivity contribution >= 4 is 95.2 Å². The normalized spacial score (nSPS) is 12.8. The number of benzene rings is 4. The first kappa shape index (κ1) is 39.6. The number of aliphatic hydroxyl groups is 1. The molecule has 0 saturated carbocycles. The Morgan fingerprint density at radius 2 is 1.03 bits per heavy atom. The predicted octanol–water partition coefficient (Wildman–Crippen LogP) is 10.7. The van der Waals surface area contributed by atoms with E-state index in [1.807, 2.05) is 95.7 Å². The number of aliphatic hydroxyl groups excluding tert-OH is 1. The smallest absolute Gasteiger partial charge is 0.331 e. The molecule has 0 amide bonds. The first-order chi connectivity index (χ1) is 28.6. The van der Waals surface area contributed by atoms with Gasteiger partial charge in [0.25, 0.3) is 0 Å². The monoisotopic (exact) mass is 822 g/mol. The molecule has 0 aliphatic carbocycles. The summed E-state index contributed by atoms with van der Waals surface area (Å²) in [6.45, 7) is 8.49. The average Bonchev–Trinajstić information content (AvgIpc) is 4.08. The number of hydrogen-bond acceptors (Lipinski definition) is 10. The van der Waals surface area contributed by atoms with Gasteiger partial charge in [-0.1, -0.05) is 34.6 Å². The summed E-state index contributed by atoms with van der Waals surface area (Å²) in [7, 11) is 0. The minimum absolute atomic E-state index is 0.0153. The molecule has 0 radical (unpaired) electrons. The quantitative estimate of drug-likeness (QED) is 0.0361. The van der Waals surface area contributed by atoms with Crippen LogP contribution in [-0.4, -0.2) is 49.5 Å². The number of carbonyl (C=O) groups excluding carboxylic acids is 3. The maximum absolute atomic E-state index is 13.4. The summed E-state index contributed by atoms with van der Waals surface area (Å²) in [6, 6.07) is 31.3. The van der Waals surface area contributed by atoms with E-state index in [2.05, 4.69) is 45.4 Å². The molecule has 1 N–H and O–H groups in total. The fourth-order valence-corrected chi connectivity index (χ4v) is 9.17. The van der Waals surface area contributed by atoms with Crippen LogP contribution in [0.4, 0.5) is 0 Å². The highest BCUT2D eigenvalue weighted by Crippen LogP contribution is 2.34. The zero-order chi connectivity index (χ0) is 41.2. The van der Waals surface area contributed by atoms with E-state index in [4.69, 9.17) is 9.68 Å². The van der Waals surface area contributed by atoms with E-state index >= 15 is 0 Å². The first-order valence-electron chi connectivity index (χ1n) is 19.6. The van der Waals surface area contributed by atoms with Gasteiger partial charge in [-0.05, 0) is 117 Å². The van der Waals surface area contributed by atoms with Gasteiger partial charge >= 0.3 is 5.97 Å². The highest BCUT2D eigenvalue weighted by molar-refractivity contribution is 7.12. The Labute approximate surface area is 348 Å². The van der Waals surface area contributed by atoms with Gasteiger partial charge in [-0.15, -0.1) is 22.7 Å². The van der Waals surface area contributed by atoms with Gasteiger partial charge < -0.3 is 23.9 Å². The van der Waals surface area contributed by atoms with Gasteiger partial charge in [-0.2, -0.15) is 0 Å². The molecule has 0 saturated heterocycles. The summed E-state index contributed by atoms with van der Waals surface area (Å²) in [6.07, 6.45) is 0.287. The topological polar surface area (TPSA) is 124 Å². The van der Waals surface area contributed by atoms with Crippen LogP contribution in [0.5, 0.6) is 0 Å². The Hall–Kier alpha value is -6.21. The third kappa shape index (κ3) is 7.86. The number of hydrogen-bond donors (Lipinski definition) is 1. The summed E-state index contributed by atoms with van der Waals surface area (Å²) in [5, 5.41) is 26.5. The van der Waals surface area contributed by atoms with Crippen LogP contribution in [0.25, 0.3) is 43.6 Å². The van der Waals surface area contributed by atoms with Crippen molar-refractivity contribution in [2.45, 2.75) is 66.3 Å². The first-order valence-corrected chi connectivity index (χ1v) is 21.4. The largest absolute Gasteiger partial charge is 0.364 e. The molecule has 0 fully saturated rings. The Balaban J connectivity index is 1.12. The Morgan fingerprint density at radius 3 is 1.41 bits per heavy atom. The van der Waals surface area contributed by atoms with Crippen molar-refractivity contribution in [2.75, 3.05) is 0 Å². The van der Waals surface area contributed by atoms with Crippen LogP contribution >= 0.6 is 22.7 Å². The highest BCUT2D eigenvalue weighted by atomic mass is 32.1. The molecule has 1 unspecified atom stereocenters. The number of rotatable bonds is 15. The molecule has 12 heteroatoms. The van der Waals surface area contributed by atoms with Crippen molar-refractivity contribution in [3.05, 3.63) is 140 Å². The van der Waals surface area contributed by atoms with Gasteiger partial charge in [0.15, 0.2) is 0 Å². The number of aryl methyl sites for hydroxylation is 2. The molecular weight excluding hydrogens is 781 g/mol. The SMILES string of the molecule is CCn1c2ccc(C(=O)c3cccs3)cc2c2cc(C(CCCC(=NOC(C)O)c3ccc4c(c3)c3cc(C(=O)c5cccs5)ccc3n4CC)=NOC(C)=O)ccc21. The van der Waals surface area contributed by atoms with Crippen LogP contribution in [0.3, 0.4) is 0 Å². The number of oxime groups is 2. The highest BCUT2D eigenvalue weighted by Gasteiger charge is 2.20. The standard InChI is InChI=1S/C47H42N4O6S2/c1-5-50-40-18-14-30(24-34(40)36-26-32(16-20-42(36)50)46(54)44-12-8-22-58-44)38(48-56-28(3)52)10-7-11-39(49-57-29(4)53)31-15-19-41-35(25-31)37-27-33(17-21-43(37)51(41)6-2)47(55)45-13-9-23-59-45/h8-9,12-28,52H,5-7,10-11H2,1-4H3. The van der Waals surface area contributed by atoms with E-state index in [0.29, 0.717) is 51.6 Å². The Bertz CT molecular complexity index is 2940. The maximum atomic E-state index is 13.4. The van der Waals surface area contributed by atoms with Crippen molar-refractivity contribution in [3.8, 4) is 0 Å². The predicted molar refractivity (Wildman–Crippen MR) is 237 cm³/mol. The molecule has 10 nitrogen and oxygen atoms in total. The number of fused-ring (bicyclic) bond motifs is 6. The number of thiophene rings is 2. The fourth-order valence-electron chi connectivity index (χ4n) is 7.80. The van der Waals surface area contributed by atoms with E-state index in [-0.39, 0.29) is 11.6 Å². The molecule has 0 bridgehead atoms. The lowest BCUT2D eigenvalue weighted by Crippen LogP contribution is -2.09. The van der Waals surface area contributed by atoms with E-state index < -0.39 is 12.3 Å². The summed E-state index contributed by atoms with van der Waals surface area (Å²) in [4.78, 5) is 50.8. The zero-order valence-corrected chi connectivity index (χ0v) is 34.7. The number of nitrogens with zero attached hydrogens (tertiary/aromatic N) is 4. The van der Waals surface area contributed by atoms with E-state index in [1.165, 1.54) is 36.5 Å². The molecule has 0 aliphatic rings. The maximum Gasteiger partial charge on any atom is 0.331 e. The zero-order valence-electron chi connectivity index (χ0n) is 33.1. The summed E-state index contributed by atoms with van der Waals surface area (Å²) in [5.41, 5.74) is 8.11. The van der Waals surface area contributed by atoms with Crippen molar-refractivity contribution in [3.63, 3.8) is 0 Å². The van der Waals surface area contributed by atoms with Crippen LogP contribution in [0.2, 0.25) is 0 Å². The van der Waals surface area contributed by atoms with Crippen LogP contribution in [0.15, 0.2) is 118 Å². The van der Waals surface area contributed by atoms with Crippen molar-refractivity contribution in [1.82, 2.24) is 9.13 Å². The lowest BCUT2D eigenvalue weighted by Gasteiger charge is -2.11. The lowest BCUT2D eigenvalue weighted by atomic mass is 9.98. The molecule has 59 heavy (non-hydrogen) atoms. The number of carbonyl (C=O) groups is 3. The second-order valence-corrected chi connectivity index (χ2v) is 16.1. The molecule has 4 heterocycles. The lowest BCUT2D eigenvalue weighted by molar-refractivity contribution is -0.140. The van der Waals surface area contributed by atoms with E-state index in [1.54, 1.807) is 0 Å². The molecule has 4 aromatic carbocycles. The van der Waals surface area contributed by atoms with Gasteiger partial charge in [-0.25, -0.2) is 4.79 Å². The molecule has 0 aliphatic heterocycles. The Morgan fingerprint density at radius 1 is 0.627 bits per heavy atom. The summed E-state index contributed by atoms with van der Waals surface area (Å²) >= 11 is 2.85. The second kappa shape index (κ2) is 16.9. The van der Waals surface area contributed by atoms with Crippen molar-refractivity contribution < 1.29 is 29.2 Å². The third-order valence-corrected chi connectivity index (χ3v) is 12.2. The average molecular weight is 823 g/mol. The van der Waals surface area contributed by atoms with Gasteiger partial charge in [0.2, 0.25) is 17.9 Å². The van der Waals surface area contributed by atoms with Gasteiger partial charge in [-0.3, -0.25) is 9.59 Å². The van der Waals surface area contributed by atoms with Crippen molar-refractivity contribution in [2.24, 2.45) is 10.3 Å². The molecule has 0 spiro atoms. The number of aromatic nitrogens is 2. The minimum atomic E-state index is -1.12. The molecule has 298 valence electrons. The molecule has 1 atom stereocenters. The van der Waals surface area contributed by atoms with Crippen LogP contribution in [0.1, 0.15) is 88.6 Å². The Kier molecular flexibility index (Phi) is 11.4. The fraction of sp³-hybridized carbons (Fsp3) is 0.213. The molecule has 8 aromatic rings. The molecule has 8 rings (SSSR count). The van der Waals surface area contributed by atoms with Crippen LogP contribution in [0, 0.1) is 0 Å². The van der Waals surface area contributed by atoms with Gasteiger partial charge in [0.1, 0.15) is 0 Å². The third-order valence-electron chi connectivity index (χ3n) is 10.5. The van der Waals surface area contributed by atoms with Gasteiger partial charge in [0, 0.05) is 92.8 Å². The van der Waals surface area contributed by atoms with E-state index in [0.717, 1.165) is 67.8 Å². The van der Waals surface area contributed by atoms with Crippen LogP contribution < -0.4 is 0 Å². The molecular formula is C47H42N4O6S2. The van der Waals surface area contributed by atoms with Gasteiger partial charge in [0.05, 0.1) is 21.2 Å². The number of ketones is 2. The van der Waals surface area contributed by atoms with E-state index in [9.17, 15) is 19.5 Å².